The van der Waals surface area contributed by atoms with Crippen LogP contribution in [0.2, 0.25) is 0 Å². The van der Waals surface area contributed by atoms with E-state index in [4.69, 9.17) is 0 Å². The number of amides is 1. The van der Waals surface area contributed by atoms with Gasteiger partial charge >= 0.3 is 5.69 Å². The molecule has 0 bridgehead atoms. The van der Waals surface area contributed by atoms with Gasteiger partial charge in [-0.05, 0) is 49.4 Å². The Labute approximate surface area is 127 Å². The first-order valence-corrected chi connectivity index (χ1v) is 7.16. The van der Waals surface area contributed by atoms with E-state index in [9.17, 15) is 14.9 Å². The molecule has 7 nitrogen and oxygen atoms in total. The first-order chi connectivity index (χ1) is 10.5. The zero-order chi connectivity index (χ0) is 15.7. The lowest BCUT2D eigenvalue weighted by Crippen LogP contribution is -2.24. The molecule has 114 valence electrons. The summed E-state index contributed by atoms with van der Waals surface area (Å²) in [5, 5.41) is 17.4. The van der Waals surface area contributed by atoms with Gasteiger partial charge in [-0.2, -0.15) is 5.10 Å². The summed E-state index contributed by atoms with van der Waals surface area (Å²) in [7, 11) is 0. The average molecular weight is 300 g/mol. The van der Waals surface area contributed by atoms with Crippen molar-refractivity contribution in [3.05, 3.63) is 51.8 Å². The molecule has 7 heteroatoms. The maximum absolute atomic E-state index is 12.3. The SMILES string of the molecule is CC(C(=O)Nc1ccc2c(c1)CCC2)n1cc([N+](=O)[O-])cn1. The van der Waals surface area contributed by atoms with Crippen LogP contribution < -0.4 is 5.32 Å². The molecule has 1 unspecified atom stereocenters. The van der Waals surface area contributed by atoms with E-state index in [0.717, 1.165) is 31.1 Å². The van der Waals surface area contributed by atoms with Crippen LogP contribution >= 0.6 is 0 Å². The quantitative estimate of drug-likeness (QED) is 0.693. The van der Waals surface area contributed by atoms with Crippen molar-refractivity contribution < 1.29 is 9.72 Å². The first-order valence-electron chi connectivity index (χ1n) is 7.16. The number of hydrogen-bond acceptors (Lipinski definition) is 4. The van der Waals surface area contributed by atoms with Gasteiger partial charge in [0.15, 0.2) is 0 Å². The van der Waals surface area contributed by atoms with Gasteiger partial charge in [0.25, 0.3) is 0 Å². The van der Waals surface area contributed by atoms with Gasteiger partial charge in [0.2, 0.25) is 5.91 Å². The Bertz CT molecular complexity index is 738. The number of aryl methyl sites for hydroxylation is 2. The third kappa shape index (κ3) is 2.69. The van der Waals surface area contributed by atoms with Crippen LogP contribution in [-0.4, -0.2) is 20.6 Å². The van der Waals surface area contributed by atoms with Gasteiger partial charge in [0, 0.05) is 5.69 Å². The Morgan fingerprint density at radius 3 is 2.91 bits per heavy atom. The standard InChI is InChI=1S/C15H16N4O3/c1-10(18-9-14(8-16-18)19(21)22)15(20)17-13-6-5-11-3-2-4-12(11)7-13/h5-10H,2-4H2,1H3,(H,17,20). The van der Waals surface area contributed by atoms with E-state index in [-0.39, 0.29) is 11.6 Å². The zero-order valence-electron chi connectivity index (χ0n) is 12.2. The fraction of sp³-hybridized carbons (Fsp3) is 0.333. The van der Waals surface area contributed by atoms with Gasteiger partial charge in [-0.3, -0.25) is 19.6 Å². The van der Waals surface area contributed by atoms with Crippen molar-refractivity contribution in [2.24, 2.45) is 0 Å². The molecule has 0 saturated heterocycles. The molecule has 0 spiro atoms. The Hall–Kier alpha value is -2.70. The molecule has 0 aliphatic heterocycles. The Morgan fingerprint density at radius 2 is 2.18 bits per heavy atom. The predicted molar refractivity (Wildman–Crippen MR) is 80.7 cm³/mol. The second kappa shape index (κ2) is 5.59. The molecule has 1 N–H and O–H groups in total. The van der Waals surface area contributed by atoms with Crippen molar-refractivity contribution in [3.8, 4) is 0 Å². The molecule has 0 fully saturated rings. The summed E-state index contributed by atoms with van der Waals surface area (Å²) in [6, 6.07) is 5.31. The summed E-state index contributed by atoms with van der Waals surface area (Å²) < 4.78 is 1.29. The van der Waals surface area contributed by atoms with Gasteiger partial charge in [-0.1, -0.05) is 6.07 Å². The van der Waals surface area contributed by atoms with Crippen molar-refractivity contribution in [3.63, 3.8) is 0 Å². The molecular formula is C15H16N4O3. The number of rotatable bonds is 4. The van der Waals surface area contributed by atoms with Gasteiger partial charge in [-0.25, -0.2) is 0 Å². The molecule has 1 heterocycles. The lowest BCUT2D eigenvalue weighted by atomic mass is 10.1. The number of nitro groups is 1. The molecule has 1 aromatic heterocycles. The fourth-order valence-electron chi connectivity index (χ4n) is 2.65. The largest absolute Gasteiger partial charge is 0.324 e. The van der Waals surface area contributed by atoms with Crippen LogP contribution in [0.1, 0.15) is 30.5 Å². The van der Waals surface area contributed by atoms with E-state index in [2.05, 4.69) is 10.4 Å². The van der Waals surface area contributed by atoms with Gasteiger partial charge in [0.1, 0.15) is 18.4 Å². The molecule has 1 aliphatic carbocycles. The number of anilines is 1. The minimum Gasteiger partial charge on any atom is -0.324 e. The summed E-state index contributed by atoms with van der Waals surface area (Å²) in [4.78, 5) is 22.4. The average Bonchev–Trinajstić information content (AvgIpc) is 3.15. The number of carbonyl (C=O) groups excluding carboxylic acids is 1. The first kappa shape index (κ1) is 14.2. The summed E-state index contributed by atoms with van der Waals surface area (Å²) >= 11 is 0. The van der Waals surface area contributed by atoms with Crippen molar-refractivity contribution >= 4 is 17.3 Å². The van der Waals surface area contributed by atoms with Crippen LogP contribution in [0.25, 0.3) is 0 Å². The minimum atomic E-state index is -0.623. The lowest BCUT2D eigenvalue weighted by Gasteiger charge is -2.13. The van der Waals surface area contributed by atoms with E-state index < -0.39 is 11.0 Å². The Balaban J connectivity index is 1.71. The zero-order valence-corrected chi connectivity index (χ0v) is 12.2. The highest BCUT2D eigenvalue weighted by molar-refractivity contribution is 5.93. The van der Waals surface area contributed by atoms with Crippen molar-refractivity contribution in [2.45, 2.75) is 32.2 Å². The smallest absolute Gasteiger partial charge is 0.307 e. The molecule has 0 saturated carbocycles. The molecular weight excluding hydrogens is 284 g/mol. The third-order valence-corrected chi connectivity index (χ3v) is 3.94. The number of hydrogen-bond donors (Lipinski definition) is 1. The number of nitrogens with one attached hydrogen (secondary N) is 1. The molecule has 1 atom stereocenters. The van der Waals surface area contributed by atoms with Crippen molar-refractivity contribution in [2.75, 3.05) is 5.32 Å². The van der Waals surface area contributed by atoms with E-state index >= 15 is 0 Å². The van der Waals surface area contributed by atoms with Gasteiger partial charge < -0.3 is 5.32 Å². The number of carbonyl (C=O) groups is 1. The molecule has 22 heavy (non-hydrogen) atoms. The predicted octanol–water partition coefficient (Wildman–Crippen LogP) is 2.48. The number of benzene rings is 1. The highest BCUT2D eigenvalue weighted by Gasteiger charge is 2.20. The van der Waals surface area contributed by atoms with Crippen molar-refractivity contribution in [1.29, 1.82) is 0 Å². The van der Waals surface area contributed by atoms with E-state index in [1.807, 2.05) is 18.2 Å². The highest BCUT2D eigenvalue weighted by Crippen LogP contribution is 2.25. The van der Waals surface area contributed by atoms with E-state index in [1.165, 1.54) is 22.0 Å². The van der Waals surface area contributed by atoms with Crippen LogP contribution in [-0.2, 0) is 17.6 Å². The van der Waals surface area contributed by atoms with Crippen molar-refractivity contribution in [1.82, 2.24) is 9.78 Å². The fourth-order valence-corrected chi connectivity index (χ4v) is 2.65. The van der Waals surface area contributed by atoms with Gasteiger partial charge in [0.05, 0.1) is 4.92 Å². The van der Waals surface area contributed by atoms with Crippen LogP contribution in [0.3, 0.4) is 0 Å². The number of fused-ring (bicyclic) bond motifs is 1. The molecule has 1 aromatic carbocycles. The Kier molecular flexibility index (Phi) is 3.62. The van der Waals surface area contributed by atoms with E-state index in [0.29, 0.717) is 0 Å². The molecule has 1 aliphatic rings. The Morgan fingerprint density at radius 1 is 1.41 bits per heavy atom. The summed E-state index contributed by atoms with van der Waals surface area (Å²) in [6.45, 7) is 1.65. The second-order valence-corrected chi connectivity index (χ2v) is 5.44. The van der Waals surface area contributed by atoms with Crippen LogP contribution in [0.15, 0.2) is 30.6 Å². The molecule has 0 radical (unpaired) electrons. The molecule has 1 amide bonds. The minimum absolute atomic E-state index is 0.128. The normalized spacial score (nSPS) is 14.4. The third-order valence-electron chi connectivity index (χ3n) is 3.94. The van der Waals surface area contributed by atoms with Gasteiger partial charge in [-0.15, -0.1) is 0 Å². The van der Waals surface area contributed by atoms with Crippen LogP contribution in [0.5, 0.6) is 0 Å². The highest BCUT2D eigenvalue weighted by atomic mass is 16.6. The number of aromatic nitrogens is 2. The summed E-state index contributed by atoms with van der Waals surface area (Å²) in [6.07, 6.45) is 5.68. The maximum atomic E-state index is 12.3. The van der Waals surface area contributed by atoms with Crippen LogP contribution in [0.4, 0.5) is 11.4 Å². The lowest BCUT2D eigenvalue weighted by molar-refractivity contribution is -0.385. The maximum Gasteiger partial charge on any atom is 0.307 e. The molecule has 2 aromatic rings. The monoisotopic (exact) mass is 300 g/mol. The topological polar surface area (TPSA) is 90.1 Å². The summed E-state index contributed by atoms with van der Waals surface area (Å²) in [5.41, 5.74) is 3.24. The number of nitrogens with zero attached hydrogens (tertiary/aromatic N) is 3. The summed E-state index contributed by atoms with van der Waals surface area (Å²) in [5.74, 6) is -0.254. The molecule has 3 rings (SSSR count). The second-order valence-electron chi connectivity index (χ2n) is 5.44. The van der Waals surface area contributed by atoms with E-state index in [1.54, 1.807) is 6.92 Å². The van der Waals surface area contributed by atoms with Crippen LogP contribution in [0, 0.1) is 10.1 Å².